The maximum Gasteiger partial charge on any atom is 0.225 e. The lowest BCUT2D eigenvalue weighted by Crippen LogP contribution is -2.08. The summed E-state index contributed by atoms with van der Waals surface area (Å²) in [6, 6.07) is 22.1. The molecule has 0 spiro atoms. The summed E-state index contributed by atoms with van der Waals surface area (Å²) < 4.78 is 29.2. The van der Waals surface area contributed by atoms with Crippen LogP contribution in [-0.4, -0.2) is 26.3 Å². The number of rotatable bonds is 6. The third kappa shape index (κ3) is 4.23. The maximum absolute atomic E-state index is 14.0. The summed E-state index contributed by atoms with van der Waals surface area (Å²) in [5, 5.41) is 8.19. The predicted octanol–water partition coefficient (Wildman–Crippen LogP) is 5.00. The maximum atomic E-state index is 14.0. The molecule has 5 aromatic rings. The Bertz CT molecular complexity index is 1430. The summed E-state index contributed by atoms with van der Waals surface area (Å²) in [4.78, 5) is 9.16. The van der Waals surface area contributed by atoms with Crippen LogP contribution in [-0.2, 0) is 6.42 Å². The summed E-state index contributed by atoms with van der Waals surface area (Å²) in [6.07, 6.45) is 0.775. The van der Waals surface area contributed by atoms with Crippen molar-refractivity contribution in [2.24, 2.45) is 0 Å². The van der Waals surface area contributed by atoms with Crippen molar-refractivity contribution in [3.63, 3.8) is 0 Å². The molecule has 0 amide bonds. The van der Waals surface area contributed by atoms with Gasteiger partial charge in [-0.1, -0.05) is 48.5 Å². The van der Waals surface area contributed by atoms with Crippen molar-refractivity contribution < 1.29 is 8.78 Å². The van der Waals surface area contributed by atoms with Crippen LogP contribution in [0.15, 0.2) is 78.9 Å². The number of anilines is 2. The Balaban J connectivity index is 1.59. The Morgan fingerprint density at radius 2 is 1.61 bits per heavy atom. The van der Waals surface area contributed by atoms with E-state index in [4.69, 9.17) is 5.73 Å². The van der Waals surface area contributed by atoms with Gasteiger partial charge in [-0.15, -0.1) is 5.10 Å². The monoisotopic (exact) mass is 442 g/mol. The van der Waals surface area contributed by atoms with E-state index in [-0.39, 0.29) is 5.82 Å². The smallest absolute Gasteiger partial charge is 0.225 e. The third-order valence-electron chi connectivity index (χ3n) is 5.26. The fourth-order valence-electron chi connectivity index (χ4n) is 3.70. The first kappa shape index (κ1) is 20.6. The zero-order valence-corrected chi connectivity index (χ0v) is 17.5. The Hall–Kier alpha value is -4.33. The van der Waals surface area contributed by atoms with Crippen LogP contribution in [0, 0.1) is 11.6 Å². The molecule has 33 heavy (non-hydrogen) atoms. The van der Waals surface area contributed by atoms with Crippen LogP contribution in [0.5, 0.6) is 0 Å². The van der Waals surface area contributed by atoms with Crippen molar-refractivity contribution in [1.29, 1.82) is 0 Å². The summed E-state index contributed by atoms with van der Waals surface area (Å²) >= 11 is 0. The number of nitrogen functional groups attached to an aromatic ring is 1. The molecule has 0 atom stereocenters. The SMILES string of the molecule is Nc1c2c(-c3cccc(F)c3)nc(NCCc3ccccc3)nc2nn1-c1cccc(F)c1. The molecule has 0 bridgehead atoms. The molecule has 0 saturated heterocycles. The van der Waals surface area contributed by atoms with Gasteiger partial charge in [0.1, 0.15) is 17.5 Å². The molecular formula is C25H20F2N6. The van der Waals surface area contributed by atoms with Gasteiger partial charge in [0.05, 0.1) is 16.8 Å². The van der Waals surface area contributed by atoms with Crippen LogP contribution >= 0.6 is 0 Å². The standard InChI is InChI=1S/C25H20F2N6/c26-18-9-4-8-17(14-18)22-21-23(28)33(20-11-5-10-19(27)15-20)32-24(21)31-25(30-22)29-13-12-16-6-2-1-3-7-16/h1-11,14-15H,12-13,28H2,(H,29,31,32). The van der Waals surface area contributed by atoms with Gasteiger partial charge in [-0.2, -0.15) is 4.98 Å². The van der Waals surface area contributed by atoms with Gasteiger partial charge in [-0.05, 0) is 42.3 Å². The molecule has 0 radical (unpaired) electrons. The van der Waals surface area contributed by atoms with Crippen LogP contribution in [0.25, 0.3) is 28.0 Å². The molecule has 3 N–H and O–H groups in total. The lowest BCUT2D eigenvalue weighted by molar-refractivity contribution is 0.625. The van der Waals surface area contributed by atoms with E-state index in [1.54, 1.807) is 24.3 Å². The minimum atomic E-state index is -0.411. The van der Waals surface area contributed by atoms with Crippen molar-refractivity contribution >= 4 is 22.8 Å². The molecule has 0 saturated carbocycles. The van der Waals surface area contributed by atoms with Crippen LogP contribution in [0.4, 0.5) is 20.5 Å². The molecule has 0 aliphatic heterocycles. The van der Waals surface area contributed by atoms with Gasteiger partial charge in [0, 0.05) is 12.1 Å². The number of hydrogen-bond donors (Lipinski definition) is 2. The van der Waals surface area contributed by atoms with E-state index < -0.39 is 11.6 Å². The lowest BCUT2D eigenvalue weighted by atomic mass is 10.1. The molecule has 5 rings (SSSR count). The third-order valence-corrected chi connectivity index (χ3v) is 5.26. The van der Waals surface area contributed by atoms with Gasteiger partial charge in [0.15, 0.2) is 5.65 Å². The average molecular weight is 442 g/mol. The predicted molar refractivity (Wildman–Crippen MR) is 125 cm³/mol. The van der Waals surface area contributed by atoms with Crippen molar-refractivity contribution in [3.8, 4) is 16.9 Å². The highest BCUT2D eigenvalue weighted by Crippen LogP contribution is 2.33. The van der Waals surface area contributed by atoms with Crippen molar-refractivity contribution in [1.82, 2.24) is 19.7 Å². The molecule has 3 aromatic carbocycles. The van der Waals surface area contributed by atoms with E-state index in [1.807, 2.05) is 30.3 Å². The molecule has 0 fully saturated rings. The fourth-order valence-corrected chi connectivity index (χ4v) is 3.70. The van der Waals surface area contributed by atoms with E-state index in [0.717, 1.165) is 6.42 Å². The number of nitrogens with two attached hydrogens (primary N) is 1. The number of nitrogens with zero attached hydrogens (tertiary/aromatic N) is 4. The lowest BCUT2D eigenvalue weighted by Gasteiger charge is -2.09. The molecule has 0 aliphatic carbocycles. The summed E-state index contributed by atoms with van der Waals surface area (Å²) in [5.41, 5.74) is 9.35. The number of aromatic nitrogens is 4. The molecule has 0 aliphatic rings. The summed E-state index contributed by atoms with van der Waals surface area (Å²) in [6.45, 7) is 0.595. The normalized spacial score (nSPS) is 11.1. The number of halogens is 2. The van der Waals surface area contributed by atoms with Gasteiger partial charge in [-0.3, -0.25) is 0 Å². The van der Waals surface area contributed by atoms with Crippen LogP contribution in [0.3, 0.4) is 0 Å². The topological polar surface area (TPSA) is 81.7 Å². The van der Waals surface area contributed by atoms with E-state index in [0.29, 0.717) is 40.5 Å². The number of nitrogens with one attached hydrogen (secondary N) is 1. The second-order valence-electron chi connectivity index (χ2n) is 7.54. The molecule has 2 aromatic heterocycles. The molecule has 2 heterocycles. The van der Waals surface area contributed by atoms with E-state index in [1.165, 1.54) is 34.5 Å². The Morgan fingerprint density at radius 3 is 2.36 bits per heavy atom. The Kier molecular flexibility index (Phi) is 5.40. The Labute approximate surface area is 188 Å². The van der Waals surface area contributed by atoms with E-state index in [9.17, 15) is 8.78 Å². The second-order valence-corrected chi connectivity index (χ2v) is 7.54. The largest absolute Gasteiger partial charge is 0.383 e. The number of hydrogen-bond acceptors (Lipinski definition) is 5. The first-order valence-electron chi connectivity index (χ1n) is 10.4. The zero-order valence-electron chi connectivity index (χ0n) is 17.5. The van der Waals surface area contributed by atoms with E-state index in [2.05, 4.69) is 20.4 Å². The van der Waals surface area contributed by atoms with Gasteiger partial charge in [-0.25, -0.2) is 18.4 Å². The Morgan fingerprint density at radius 1 is 0.848 bits per heavy atom. The molecule has 6 nitrogen and oxygen atoms in total. The van der Waals surface area contributed by atoms with Crippen LogP contribution in [0.1, 0.15) is 5.56 Å². The molecular weight excluding hydrogens is 422 g/mol. The number of benzene rings is 3. The highest BCUT2D eigenvalue weighted by atomic mass is 19.1. The minimum Gasteiger partial charge on any atom is -0.383 e. The quantitative estimate of drug-likeness (QED) is 0.387. The van der Waals surface area contributed by atoms with Gasteiger partial charge < -0.3 is 11.1 Å². The van der Waals surface area contributed by atoms with Gasteiger partial charge >= 0.3 is 0 Å². The second kappa shape index (κ2) is 8.66. The van der Waals surface area contributed by atoms with Crippen LogP contribution in [0.2, 0.25) is 0 Å². The van der Waals surface area contributed by atoms with Crippen LogP contribution < -0.4 is 11.1 Å². The van der Waals surface area contributed by atoms with Crippen molar-refractivity contribution in [3.05, 3.63) is 96.1 Å². The zero-order chi connectivity index (χ0) is 22.8. The van der Waals surface area contributed by atoms with Gasteiger partial charge in [0.2, 0.25) is 5.95 Å². The first-order valence-corrected chi connectivity index (χ1v) is 10.4. The van der Waals surface area contributed by atoms with Crippen molar-refractivity contribution in [2.75, 3.05) is 17.6 Å². The highest BCUT2D eigenvalue weighted by molar-refractivity contribution is 5.99. The fraction of sp³-hybridized carbons (Fsp3) is 0.0800. The molecule has 8 heteroatoms. The van der Waals surface area contributed by atoms with E-state index >= 15 is 0 Å². The molecule has 164 valence electrons. The van der Waals surface area contributed by atoms with Crippen molar-refractivity contribution in [2.45, 2.75) is 6.42 Å². The molecule has 0 unspecified atom stereocenters. The number of fused-ring (bicyclic) bond motifs is 1. The average Bonchev–Trinajstić information content (AvgIpc) is 3.16. The summed E-state index contributed by atoms with van der Waals surface area (Å²) in [7, 11) is 0. The van der Waals surface area contributed by atoms with Gasteiger partial charge in [0.25, 0.3) is 0 Å². The first-order chi connectivity index (χ1) is 16.1. The minimum absolute atomic E-state index is 0.241. The highest BCUT2D eigenvalue weighted by Gasteiger charge is 2.19. The summed E-state index contributed by atoms with van der Waals surface area (Å²) in [5.74, 6) is -0.215.